The Morgan fingerprint density at radius 2 is 1.87 bits per heavy atom. The highest BCUT2D eigenvalue weighted by Crippen LogP contribution is 2.35. The second-order valence-electron chi connectivity index (χ2n) is 7.30. The van der Waals surface area contributed by atoms with Gasteiger partial charge in [-0.25, -0.2) is 4.98 Å². The lowest BCUT2D eigenvalue weighted by Crippen LogP contribution is -2.28. The van der Waals surface area contributed by atoms with Crippen LogP contribution in [0.1, 0.15) is 22.6 Å². The Kier molecular flexibility index (Phi) is 5.82. The van der Waals surface area contributed by atoms with Crippen LogP contribution in [0.25, 0.3) is 16.8 Å². The summed E-state index contributed by atoms with van der Waals surface area (Å²) in [6.45, 7) is 0.856. The molecule has 1 aliphatic rings. The van der Waals surface area contributed by atoms with Crippen LogP contribution in [0.3, 0.4) is 0 Å². The number of hydrogen-bond acceptors (Lipinski definition) is 4. The smallest absolute Gasteiger partial charge is 0.416 e. The van der Waals surface area contributed by atoms with Gasteiger partial charge in [-0.3, -0.25) is 5.41 Å². The molecule has 160 valence electrons. The van der Waals surface area contributed by atoms with Crippen molar-refractivity contribution in [3.8, 4) is 11.3 Å². The molecular formula is C23H20F3N3OS. The van der Waals surface area contributed by atoms with Crippen LogP contribution >= 0.6 is 11.3 Å². The van der Waals surface area contributed by atoms with Crippen LogP contribution in [0, 0.1) is 5.41 Å². The van der Waals surface area contributed by atoms with Crippen molar-refractivity contribution >= 4 is 22.7 Å². The number of rotatable bonds is 6. The molecule has 0 saturated carbocycles. The summed E-state index contributed by atoms with van der Waals surface area (Å²) < 4.78 is 39.0. The lowest BCUT2D eigenvalue weighted by molar-refractivity contribution is -0.137. The molecule has 8 heteroatoms. The average molecular weight is 443 g/mol. The number of aliphatic hydroxyl groups is 1. The molecule has 0 saturated heterocycles. The van der Waals surface area contributed by atoms with Gasteiger partial charge in [0.2, 0.25) is 0 Å². The van der Waals surface area contributed by atoms with Gasteiger partial charge >= 0.3 is 6.18 Å². The summed E-state index contributed by atoms with van der Waals surface area (Å²) in [6.07, 6.45) is -2.72. The SMILES string of the molecule is N=C1C(c2nc(-c3cccc(C(F)(F)F)c3)cs2)=C(O)CN1CCCc1ccccc1. The number of nitrogens with zero attached hydrogens (tertiary/aromatic N) is 2. The zero-order chi connectivity index (χ0) is 22.0. The summed E-state index contributed by atoms with van der Waals surface area (Å²) >= 11 is 1.21. The topological polar surface area (TPSA) is 60.2 Å². The van der Waals surface area contributed by atoms with E-state index in [4.69, 9.17) is 5.41 Å². The van der Waals surface area contributed by atoms with Crippen LogP contribution in [0.5, 0.6) is 0 Å². The number of aryl methyl sites for hydroxylation is 1. The van der Waals surface area contributed by atoms with E-state index < -0.39 is 11.7 Å². The van der Waals surface area contributed by atoms with Gasteiger partial charge < -0.3 is 10.0 Å². The maximum Gasteiger partial charge on any atom is 0.416 e. The van der Waals surface area contributed by atoms with E-state index in [0.717, 1.165) is 25.0 Å². The van der Waals surface area contributed by atoms with Gasteiger partial charge in [-0.2, -0.15) is 13.2 Å². The van der Waals surface area contributed by atoms with Crippen molar-refractivity contribution in [1.82, 2.24) is 9.88 Å². The number of hydrogen-bond donors (Lipinski definition) is 2. The van der Waals surface area contributed by atoms with Gasteiger partial charge in [-0.15, -0.1) is 11.3 Å². The predicted molar refractivity (Wildman–Crippen MR) is 116 cm³/mol. The second kappa shape index (κ2) is 8.55. The summed E-state index contributed by atoms with van der Waals surface area (Å²) in [4.78, 5) is 6.21. The number of aliphatic hydroxyl groups excluding tert-OH is 1. The van der Waals surface area contributed by atoms with Crippen LogP contribution in [-0.4, -0.2) is 33.9 Å². The molecule has 1 aliphatic heterocycles. The largest absolute Gasteiger partial charge is 0.510 e. The van der Waals surface area contributed by atoms with Crippen molar-refractivity contribution in [2.75, 3.05) is 13.1 Å². The van der Waals surface area contributed by atoms with E-state index >= 15 is 0 Å². The molecule has 0 fully saturated rings. The zero-order valence-corrected chi connectivity index (χ0v) is 17.3. The van der Waals surface area contributed by atoms with E-state index in [-0.39, 0.29) is 18.1 Å². The molecule has 4 rings (SSSR count). The van der Waals surface area contributed by atoms with E-state index in [1.54, 1.807) is 16.3 Å². The van der Waals surface area contributed by atoms with E-state index in [9.17, 15) is 18.3 Å². The lowest BCUT2D eigenvalue weighted by Gasteiger charge is -2.18. The minimum absolute atomic E-state index is 0.0645. The van der Waals surface area contributed by atoms with E-state index in [2.05, 4.69) is 17.1 Å². The van der Waals surface area contributed by atoms with E-state index in [0.29, 0.717) is 28.4 Å². The summed E-state index contributed by atoms with van der Waals surface area (Å²) in [7, 11) is 0. The summed E-state index contributed by atoms with van der Waals surface area (Å²) in [5.74, 6) is 0.255. The molecule has 0 bridgehead atoms. The monoisotopic (exact) mass is 443 g/mol. The lowest BCUT2D eigenvalue weighted by atomic mass is 10.1. The first-order valence-corrected chi connectivity index (χ1v) is 10.6. The molecule has 0 amide bonds. The second-order valence-corrected chi connectivity index (χ2v) is 8.16. The number of halogens is 3. The van der Waals surface area contributed by atoms with Crippen LogP contribution in [-0.2, 0) is 12.6 Å². The molecule has 2 N–H and O–H groups in total. The molecule has 0 atom stereocenters. The molecule has 0 spiro atoms. The van der Waals surface area contributed by atoms with E-state index in [1.807, 2.05) is 18.2 Å². The number of alkyl halides is 3. The Bertz CT molecular complexity index is 1120. The molecule has 31 heavy (non-hydrogen) atoms. The molecule has 2 aromatic carbocycles. The van der Waals surface area contributed by atoms with Crippen molar-refractivity contribution in [2.45, 2.75) is 19.0 Å². The molecule has 1 aromatic heterocycles. The first-order valence-electron chi connectivity index (χ1n) is 9.76. The third kappa shape index (κ3) is 4.64. The van der Waals surface area contributed by atoms with Crippen molar-refractivity contribution < 1.29 is 18.3 Å². The third-order valence-corrected chi connectivity index (χ3v) is 5.98. The van der Waals surface area contributed by atoms with Crippen molar-refractivity contribution in [2.24, 2.45) is 0 Å². The zero-order valence-electron chi connectivity index (χ0n) is 16.5. The Morgan fingerprint density at radius 3 is 2.61 bits per heavy atom. The van der Waals surface area contributed by atoms with Gasteiger partial charge in [0, 0.05) is 17.5 Å². The van der Waals surface area contributed by atoms with Gasteiger partial charge in [-0.05, 0) is 30.5 Å². The van der Waals surface area contributed by atoms with Crippen LogP contribution in [0.15, 0.2) is 65.7 Å². The highest BCUT2D eigenvalue weighted by molar-refractivity contribution is 7.11. The average Bonchev–Trinajstić information content (AvgIpc) is 3.33. The van der Waals surface area contributed by atoms with Gasteiger partial charge in [0.1, 0.15) is 16.6 Å². The number of thiazole rings is 1. The first kappa shape index (κ1) is 21.1. The number of nitrogens with one attached hydrogen (secondary N) is 1. The van der Waals surface area contributed by atoms with Gasteiger partial charge in [-0.1, -0.05) is 42.5 Å². The Balaban J connectivity index is 1.46. The van der Waals surface area contributed by atoms with Crippen LogP contribution in [0.2, 0.25) is 0 Å². The quantitative estimate of drug-likeness (QED) is 0.490. The third-order valence-electron chi connectivity index (χ3n) is 5.12. The minimum Gasteiger partial charge on any atom is -0.510 e. The Hall–Kier alpha value is -3.13. The normalized spacial score (nSPS) is 14.5. The highest BCUT2D eigenvalue weighted by Gasteiger charge is 2.32. The maximum atomic E-state index is 13.0. The van der Waals surface area contributed by atoms with E-state index in [1.165, 1.54) is 23.0 Å². The molecule has 0 radical (unpaired) electrons. The van der Waals surface area contributed by atoms with Crippen molar-refractivity contribution in [1.29, 1.82) is 5.41 Å². The van der Waals surface area contributed by atoms with Gasteiger partial charge in [0.15, 0.2) is 0 Å². The summed E-state index contributed by atoms with van der Waals surface area (Å²) in [5.41, 5.74) is 1.57. The number of benzene rings is 2. The molecule has 0 unspecified atom stereocenters. The molecule has 3 aromatic rings. The Labute approximate surface area is 181 Å². The molecule has 4 nitrogen and oxygen atoms in total. The summed E-state index contributed by atoms with van der Waals surface area (Å²) in [5, 5.41) is 21.0. The fourth-order valence-electron chi connectivity index (χ4n) is 3.54. The van der Waals surface area contributed by atoms with Gasteiger partial charge in [0.05, 0.1) is 23.4 Å². The highest BCUT2D eigenvalue weighted by atomic mass is 32.1. The van der Waals surface area contributed by atoms with Crippen LogP contribution < -0.4 is 0 Å². The molecular weight excluding hydrogens is 423 g/mol. The number of amidine groups is 1. The van der Waals surface area contributed by atoms with Crippen molar-refractivity contribution in [3.63, 3.8) is 0 Å². The molecule has 2 heterocycles. The minimum atomic E-state index is -4.43. The fourth-order valence-corrected chi connectivity index (χ4v) is 4.44. The summed E-state index contributed by atoms with van der Waals surface area (Å²) in [6, 6.07) is 15.1. The van der Waals surface area contributed by atoms with Crippen molar-refractivity contribution in [3.05, 3.63) is 81.9 Å². The maximum absolute atomic E-state index is 13.0. The van der Waals surface area contributed by atoms with Gasteiger partial charge in [0.25, 0.3) is 0 Å². The number of aromatic nitrogens is 1. The Morgan fingerprint density at radius 1 is 1.10 bits per heavy atom. The fraction of sp³-hybridized carbons (Fsp3) is 0.217. The molecule has 0 aliphatic carbocycles. The standard InChI is InChI=1S/C23H20F3N3OS/c24-23(25,26)17-10-4-9-16(12-17)18-14-31-22(28-18)20-19(30)13-29(21(20)27)11-5-8-15-6-2-1-3-7-15/h1-4,6-7,9-10,12,14,27,30H,5,8,11,13H2. The van der Waals surface area contributed by atoms with Crippen LogP contribution in [0.4, 0.5) is 13.2 Å². The first-order chi connectivity index (χ1) is 14.8. The predicted octanol–water partition coefficient (Wildman–Crippen LogP) is 6.02.